The van der Waals surface area contributed by atoms with Crippen LogP contribution in [0.4, 0.5) is 0 Å². The number of aryl methyl sites for hydroxylation is 1. The first-order chi connectivity index (χ1) is 16.6. The van der Waals surface area contributed by atoms with Crippen molar-refractivity contribution < 1.29 is 4.74 Å². The fourth-order valence-corrected chi connectivity index (χ4v) is 4.73. The zero-order chi connectivity index (χ0) is 23.5. The Bertz CT molecular complexity index is 1300. The molecule has 6 heteroatoms. The summed E-state index contributed by atoms with van der Waals surface area (Å²) >= 11 is 12.2. The lowest BCUT2D eigenvalue weighted by Crippen LogP contribution is -2.23. The highest BCUT2D eigenvalue weighted by atomic mass is 35.5. The second kappa shape index (κ2) is 10.2. The van der Waals surface area contributed by atoms with Crippen LogP contribution in [-0.2, 0) is 19.4 Å². The Labute approximate surface area is 210 Å². The Morgan fingerprint density at radius 2 is 1.85 bits per heavy atom. The largest absolute Gasteiger partial charge is 0.456 e. The molecule has 1 N–H and O–H groups in total. The number of hydrogen-bond acceptors (Lipinski definition) is 3. The zero-order valence-electron chi connectivity index (χ0n) is 19.2. The van der Waals surface area contributed by atoms with Crippen molar-refractivity contribution in [1.82, 2.24) is 14.9 Å². The molecule has 1 aliphatic heterocycles. The van der Waals surface area contributed by atoms with E-state index in [0.29, 0.717) is 21.5 Å². The molecule has 1 aliphatic rings. The maximum Gasteiger partial charge on any atom is 0.146 e. The number of ether oxygens (including phenoxy) is 1. The highest BCUT2D eigenvalue weighted by Gasteiger charge is 2.15. The number of benzene rings is 3. The molecule has 4 nitrogen and oxygen atoms in total. The molecule has 174 valence electrons. The van der Waals surface area contributed by atoms with Crippen molar-refractivity contribution in [3.63, 3.8) is 0 Å². The van der Waals surface area contributed by atoms with E-state index in [9.17, 15) is 0 Å². The van der Waals surface area contributed by atoms with Crippen molar-refractivity contribution in [3.8, 4) is 28.4 Å². The smallest absolute Gasteiger partial charge is 0.146 e. The van der Waals surface area contributed by atoms with Gasteiger partial charge in [0.05, 0.1) is 10.7 Å². The summed E-state index contributed by atoms with van der Waals surface area (Å²) in [7, 11) is 0. The monoisotopic (exact) mass is 491 g/mol. The number of imidazole rings is 1. The van der Waals surface area contributed by atoms with E-state index in [4.69, 9.17) is 32.9 Å². The number of hydrogen-bond donors (Lipinski definition) is 1. The van der Waals surface area contributed by atoms with Gasteiger partial charge in [0.1, 0.15) is 17.3 Å². The maximum atomic E-state index is 6.24. The molecule has 0 bridgehead atoms. The molecule has 0 amide bonds. The highest BCUT2D eigenvalue weighted by Crippen LogP contribution is 2.33. The predicted octanol–water partition coefficient (Wildman–Crippen LogP) is 7.63. The maximum absolute atomic E-state index is 6.24. The molecule has 0 aliphatic carbocycles. The molecule has 34 heavy (non-hydrogen) atoms. The van der Waals surface area contributed by atoms with E-state index in [1.165, 1.54) is 16.8 Å². The van der Waals surface area contributed by atoms with Gasteiger partial charge in [-0.1, -0.05) is 42.6 Å². The van der Waals surface area contributed by atoms with Gasteiger partial charge in [-0.15, -0.1) is 0 Å². The third-order valence-electron chi connectivity index (χ3n) is 6.16. The summed E-state index contributed by atoms with van der Waals surface area (Å²) in [5.41, 5.74) is 5.99. The first kappa shape index (κ1) is 23.0. The van der Waals surface area contributed by atoms with Crippen molar-refractivity contribution in [2.24, 2.45) is 0 Å². The van der Waals surface area contributed by atoms with Crippen LogP contribution < -0.4 is 10.1 Å². The van der Waals surface area contributed by atoms with E-state index >= 15 is 0 Å². The van der Waals surface area contributed by atoms with E-state index in [0.717, 1.165) is 55.9 Å². The molecular formula is C28H27Cl2N3O. The zero-order valence-corrected chi connectivity index (χ0v) is 20.7. The highest BCUT2D eigenvalue weighted by molar-refractivity contribution is 6.35. The minimum absolute atomic E-state index is 0.483. The van der Waals surface area contributed by atoms with Crippen LogP contribution >= 0.6 is 23.2 Å². The number of nitrogens with zero attached hydrogens (tertiary/aromatic N) is 2. The second-order valence-electron chi connectivity index (χ2n) is 8.60. The SMILES string of the molecule is CCCCc1nc(-c2ccc(Oc3ccc(Cl)cc3Cl)cc2)cn1-c1ccc2c(c1)CNCC2. The lowest BCUT2D eigenvalue weighted by molar-refractivity contribution is 0.483. The van der Waals surface area contributed by atoms with Gasteiger partial charge in [-0.05, 0) is 85.1 Å². The molecule has 0 fully saturated rings. The van der Waals surface area contributed by atoms with Crippen molar-refractivity contribution in [2.75, 3.05) is 6.54 Å². The average Bonchev–Trinajstić information content (AvgIpc) is 3.29. The van der Waals surface area contributed by atoms with Crippen LogP contribution in [0.3, 0.4) is 0 Å². The van der Waals surface area contributed by atoms with Gasteiger partial charge in [0.2, 0.25) is 0 Å². The van der Waals surface area contributed by atoms with Crippen molar-refractivity contribution in [2.45, 2.75) is 39.2 Å². The molecule has 5 rings (SSSR count). The normalized spacial score (nSPS) is 13.0. The summed E-state index contributed by atoms with van der Waals surface area (Å²) in [6.45, 7) is 4.19. The molecule has 1 aromatic heterocycles. The van der Waals surface area contributed by atoms with Crippen LogP contribution in [0, 0.1) is 0 Å². The van der Waals surface area contributed by atoms with Crippen LogP contribution in [0.5, 0.6) is 11.5 Å². The summed E-state index contributed by atoms with van der Waals surface area (Å²) in [5.74, 6) is 2.38. The minimum atomic E-state index is 0.483. The molecule has 0 unspecified atom stereocenters. The Morgan fingerprint density at radius 1 is 1.00 bits per heavy atom. The summed E-state index contributed by atoms with van der Waals surface area (Å²) < 4.78 is 8.18. The van der Waals surface area contributed by atoms with Crippen molar-refractivity contribution in [3.05, 3.63) is 93.9 Å². The van der Waals surface area contributed by atoms with E-state index < -0.39 is 0 Å². The van der Waals surface area contributed by atoms with E-state index in [1.54, 1.807) is 18.2 Å². The Kier molecular flexibility index (Phi) is 6.91. The first-order valence-corrected chi connectivity index (χ1v) is 12.5. The lowest BCUT2D eigenvalue weighted by Gasteiger charge is -2.18. The van der Waals surface area contributed by atoms with Crippen LogP contribution in [0.2, 0.25) is 10.0 Å². The number of unbranched alkanes of at least 4 members (excludes halogenated alkanes) is 1. The van der Waals surface area contributed by atoms with Gasteiger partial charge in [-0.25, -0.2) is 4.98 Å². The van der Waals surface area contributed by atoms with Crippen molar-refractivity contribution in [1.29, 1.82) is 0 Å². The number of aromatic nitrogens is 2. The summed E-state index contributed by atoms with van der Waals surface area (Å²) in [6.07, 6.45) is 6.42. The molecule has 2 heterocycles. The fraction of sp³-hybridized carbons (Fsp3) is 0.250. The van der Waals surface area contributed by atoms with E-state index in [2.05, 4.69) is 41.2 Å². The summed E-state index contributed by atoms with van der Waals surface area (Å²) in [4.78, 5) is 5.01. The van der Waals surface area contributed by atoms with Crippen LogP contribution in [0.25, 0.3) is 16.9 Å². The Hall–Kier alpha value is -2.79. The fourth-order valence-electron chi connectivity index (χ4n) is 4.29. The average molecular weight is 492 g/mol. The topological polar surface area (TPSA) is 39.1 Å². The first-order valence-electron chi connectivity index (χ1n) is 11.7. The van der Waals surface area contributed by atoms with Gasteiger partial charge in [0, 0.05) is 35.4 Å². The van der Waals surface area contributed by atoms with Crippen LogP contribution in [-0.4, -0.2) is 16.1 Å². The molecular weight excluding hydrogens is 465 g/mol. The molecule has 0 saturated heterocycles. The van der Waals surface area contributed by atoms with Crippen LogP contribution in [0.15, 0.2) is 66.9 Å². The molecule has 3 aromatic carbocycles. The Morgan fingerprint density at radius 3 is 2.65 bits per heavy atom. The lowest BCUT2D eigenvalue weighted by atomic mass is 10.0. The summed E-state index contributed by atoms with van der Waals surface area (Å²) in [5, 5.41) is 4.54. The number of halogens is 2. The standard InChI is InChI=1S/C28H27Cl2N3O/c1-2-3-4-28-32-26(18-33(28)23-9-5-19-13-14-31-17-21(19)15-23)20-6-10-24(11-7-20)34-27-12-8-22(29)16-25(27)30/h5-12,15-16,18,31H,2-4,13-14,17H2,1H3. The molecule has 0 spiro atoms. The molecule has 0 atom stereocenters. The van der Waals surface area contributed by atoms with Gasteiger partial charge in [0.25, 0.3) is 0 Å². The molecule has 0 saturated carbocycles. The number of rotatable bonds is 7. The van der Waals surface area contributed by atoms with Gasteiger partial charge < -0.3 is 14.6 Å². The minimum Gasteiger partial charge on any atom is -0.456 e. The van der Waals surface area contributed by atoms with E-state index in [-0.39, 0.29) is 0 Å². The predicted molar refractivity (Wildman–Crippen MR) is 140 cm³/mol. The molecule has 4 aromatic rings. The van der Waals surface area contributed by atoms with Gasteiger partial charge in [-0.3, -0.25) is 0 Å². The second-order valence-corrected chi connectivity index (χ2v) is 9.44. The molecule has 0 radical (unpaired) electrons. The van der Waals surface area contributed by atoms with Gasteiger partial charge in [0.15, 0.2) is 0 Å². The Balaban J connectivity index is 1.43. The summed E-state index contributed by atoms with van der Waals surface area (Å²) in [6, 6.07) is 19.9. The quantitative estimate of drug-likeness (QED) is 0.288. The van der Waals surface area contributed by atoms with Crippen LogP contribution in [0.1, 0.15) is 36.7 Å². The van der Waals surface area contributed by atoms with E-state index in [1.807, 2.05) is 24.3 Å². The number of fused-ring (bicyclic) bond motifs is 1. The van der Waals surface area contributed by atoms with Gasteiger partial charge in [-0.2, -0.15) is 0 Å². The third kappa shape index (κ3) is 5.00. The van der Waals surface area contributed by atoms with Gasteiger partial charge >= 0.3 is 0 Å². The third-order valence-corrected chi connectivity index (χ3v) is 6.69. The number of nitrogens with one attached hydrogen (secondary N) is 1. The van der Waals surface area contributed by atoms with Crippen molar-refractivity contribution >= 4 is 23.2 Å².